The second-order valence-electron chi connectivity index (χ2n) is 5.79. The van der Waals surface area contributed by atoms with Crippen LogP contribution in [0.5, 0.6) is 0 Å². The Bertz CT molecular complexity index is 882. The summed E-state index contributed by atoms with van der Waals surface area (Å²) in [6.07, 6.45) is 0.889. The van der Waals surface area contributed by atoms with E-state index < -0.39 is 0 Å². The van der Waals surface area contributed by atoms with Gasteiger partial charge >= 0.3 is 0 Å². The van der Waals surface area contributed by atoms with Crippen LogP contribution >= 0.6 is 35.0 Å². The van der Waals surface area contributed by atoms with Gasteiger partial charge in [0.1, 0.15) is 0 Å². The lowest BCUT2D eigenvalue weighted by atomic mass is 10.1. The first-order valence-electron chi connectivity index (χ1n) is 8.05. The Labute approximate surface area is 166 Å². The number of hydrogen-bond donors (Lipinski definition) is 0. The monoisotopic (exact) mass is 406 g/mol. The van der Waals surface area contributed by atoms with Crippen LogP contribution in [0.3, 0.4) is 0 Å². The molecule has 134 valence electrons. The zero-order valence-corrected chi connectivity index (χ0v) is 16.4. The summed E-state index contributed by atoms with van der Waals surface area (Å²) in [7, 11) is 0. The van der Waals surface area contributed by atoms with E-state index >= 15 is 0 Å². The molecule has 0 radical (unpaired) electrons. The molecule has 0 aliphatic carbocycles. The van der Waals surface area contributed by atoms with Crippen molar-refractivity contribution in [2.45, 2.75) is 13.3 Å². The van der Waals surface area contributed by atoms with E-state index in [4.69, 9.17) is 23.2 Å². The smallest absolute Gasteiger partial charge is 0.259 e. The summed E-state index contributed by atoms with van der Waals surface area (Å²) in [4.78, 5) is 30.5. The van der Waals surface area contributed by atoms with Crippen LogP contribution in [0, 0.1) is 0 Å². The molecule has 1 saturated heterocycles. The molecule has 3 rings (SSSR count). The van der Waals surface area contributed by atoms with E-state index in [1.807, 2.05) is 0 Å². The van der Waals surface area contributed by atoms with Crippen LogP contribution in [-0.4, -0.2) is 34.1 Å². The van der Waals surface area contributed by atoms with E-state index in [0.717, 1.165) is 12.2 Å². The number of rotatable bonds is 3. The molecular weight excluding hydrogens is 391 g/mol. The Morgan fingerprint density at radius 2 is 1.73 bits per heavy atom. The van der Waals surface area contributed by atoms with E-state index in [1.54, 1.807) is 47.4 Å². The molecule has 1 heterocycles. The van der Waals surface area contributed by atoms with E-state index in [9.17, 15) is 9.59 Å². The van der Waals surface area contributed by atoms with Gasteiger partial charge in [-0.1, -0.05) is 35.0 Å². The largest absolute Gasteiger partial charge is 0.295 e. The average molecular weight is 407 g/mol. The summed E-state index contributed by atoms with van der Waals surface area (Å²) in [6, 6.07) is 11.9. The van der Waals surface area contributed by atoms with Gasteiger partial charge < -0.3 is 0 Å². The number of aliphatic imine (C=N–C) groups is 1. The standard InChI is InChI=1S/C19H16Cl2N2O2S/c1-12(24)13-3-6-15(7-4-13)22-19-23(9-2-10-26-19)18(25)14-5-8-16(20)17(21)11-14/h3-8,11H,2,9-10H2,1H3. The maximum Gasteiger partial charge on any atom is 0.259 e. The van der Waals surface area contributed by atoms with Gasteiger partial charge in [-0.05, 0) is 55.8 Å². The minimum absolute atomic E-state index is 0.00710. The number of amidine groups is 1. The predicted molar refractivity (Wildman–Crippen MR) is 108 cm³/mol. The van der Waals surface area contributed by atoms with Gasteiger partial charge in [0.25, 0.3) is 5.91 Å². The summed E-state index contributed by atoms with van der Waals surface area (Å²) < 4.78 is 0. The van der Waals surface area contributed by atoms with Crippen molar-refractivity contribution in [2.75, 3.05) is 12.3 Å². The third-order valence-corrected chi connectivity index (χ3v) is 5.70. The summed E-state index contributed by atoms with van der Waals surface area (Å²) in [5, 5.41) is 1.40. The van der Waals surface area contributed by atoms with Gasteiger partial charge in [-0.15, -0.1) is 0 Å². The minimum Gasteiger partial charge on any atom is -0.295 e. The van der Waals surface area contributed by atoms with Crippen molar-refractivity contribution in [3.05, 3.63) is 63.6 Å². The van der Waals surface area contributed by atoms with Crippen molar-refractivity contribution in [1.29, 1.82) is 0 Å². The summed E-state index contributed by atoms with van der Waals surface area (Å²) in [6.45, 7) is 2.12. The maximum absolute atomic E-state index is 12.9. The lowest BCUT2D eigenvalue weighted by molar-refractivity contribution is 0.0849. The molecule has 0 bridgehead atoms. The van der Waals surface area contributed by atoms with Crippen molar-refractivity contribution < 1.29 is 9.59 Å². The normalized spacial score (nSPS) is 16.0. The van der Waals surface area contributed by atoms with Crippen LogP contribution in [-0.2, 0) is 0 Å². The van der Waals surface area contributed by atoms with Crippen molar-refractivity contribution >= 4 is 57.5 Å². The SMILES string of the molecule is CC(=O)c1ccc(N=C2SCCCN2C(=O)c2ccc(Cl)c(Cl)c2)cc1. The van der Waals surface area contributed by atoms with Gasteiger partial charge in [0.2, 0.25) is 0 Å². The predicted octanol–water partition coefficient (Wildman–Crippen LogP) is 5.46. The molecule has 1 aliphatic rings. The molecule has 7 heteroatoms. The summed E-state index contributed by atoms with van der Waals surface area (Å²) >= 11 is 13.5. The van der Waals surface area contributed by atoms with Crippen LogP contribution in [0.2, 0.25) is 10.0 Å². The van der Waals surface area contributed by atoms with Crippen LogP contribution in [0.15, 0.2) is 47.5 Å². The zero-order chi connectivity index (χ0) is 18.7. The zero-order valence-electron chi connectivity index (χ0n) is 14.0. The molecule has 2 aromatic carbocycles. The number of halogens is 2. The van der Waals surface area contributed by atoms with E-state index in [1.165, 1.54) is 18.7 Å². The first-order valence-corrected chi connectivity index (χ1v) is 9.79. The highest BCUT2D eigenvalue weighted by atomic mass is 35.5. The first-order chi connectivity index (χ1) is 12.5. The summed E-state index contributed by atoms with van der Waals surface area (Å²) in [5.41, 5.74) is 1.81. The molecule has 2 aromatic rings. The van der Waals surface area contributed by atoms with Crippen molar-refractivity contribution in [1.82, 2.24) is 4.90 Å². The number of carbonyl (C=O) groups excluding carboxylic acids is 2. The molecule has 0 saturated carbocycles. The van der Waals surface area contributed by atoms with Gasteiger partial charge in [-0.25, -0.2) is 4.99 Å². The number of nitrogens with zero attached hydrogens (tertiary/aromatic N) is 2. The van der Waals surface area contributed by atoms with Crippen LogP contribution in [0.4, 0.5) is 5.69 Å². The quantitative estimate of drug-likeness (QED) is 0.635. The second kappa shape index (κ2) is 8.25. The third kappa shape index (κ3) is 4.29. The van der Waals surface area contributed by atoms with Gasteiger partial charge in [0, 0.05) is 23.4 Å². The highest BCUT2D eigenvalue weighted by Gasteiger charge is 2.25. The topological polar surface area (TPSA) is 49.7 Å². The Morgan fingerprint density at radius 3 is 2.38 bits per heavy atom. The second-order valence-corrected chi connectivity index (χ2v) is 7.66. The number of amides is 1. The maximum atomic E-state index is 12.9. The molecule has 4 nitrogen and oxygen atoms in total. The van der Waals surface area contributed by atoms with E-state index in [2.05, 4.69) is 4.99 Å². The van der Waals surface area contributed by atoms with Crippen LogP contribution < -0.4 is 0 Å². The van der Waals surface area contributed by atoms with E-state index in [-0.39, 0.29) is 11.7 Å². The number of carbonyl (C=O) groups is 2. The molecule has 1 aliphatic heterocycles. The minimum atomic E-state index is -0.158. The Hall–Kier alpha value is -1.82. The molecule has 0 N–H and O–H groups in total. The Morgan fingerprint density at radius 1 is 1.04 bits per heavy atom. The van der Waals surface area contributed by atoms with E-state index in [0.29, 0.717) is 38.6 Å². The number of thioether (sulfide) groups is 1. The molecule has 0 atom stereocenters. The van der Waals surface area contributed by atoms with Gasteiger partial charge in [0.15, 0.2) is 11.0 Å². The Balaban J connectivity index is 1.88. The lowest BCUT2D eigenvalue weighted by Crippen LogP contribution is -2.39. The molecule has 0 aromatic heterocycles. The molecule has 1 amide bonds. The number of hydrogen-bond acceptors (Lipinski definition) is 4. The summed E-state index contributed by atoms with van der Waals surface area (Å²) in [5.74, 6) is 0.748. The van der Waals surface area contributed by atoms with Crippen molar-refractivity contribution in [3.63, 3.8) is 0 Å². The van der Waals surface area contributed by atoms with Gasteiger partial charge in [-0.2, -0.15) is 0 Å². The highest BCUT2D eigenvalue weighted by Crippen LogP contribution is 2.27. The lowest BCUT2D eigenvalue weighted by Gasteiger charge is -2.28. The molecule has 0 spiro atoms. The number of Topliss-reactive ketones (excluding diaryl/α,β-unsaturated/α-hetero) is 1. The van der Waals surface area contributed by atoms with Crippen molar-refractivity contribution in [2.24, 2.45) is 4.99 Å². The average Bonchev–Trinajstić information content (AvgIpc) is 2.64. The molecule has 1 fully saturated rings. The molecule has 26 heavy (non-hydrogen) atoms. The fraction of sp³-hybridized carbons (Fsp3) is 0.211. The molecular formula is C19H16Cl2N2O2S. The number of ketones is 1. The van der Waals surface area contributed by atoms with Crippen LogP contribution in [0.25, 0.3) is 0 Å². The highest BCUT2D eigenvalue weighted by molar-refractivity contribution is 8.13. The fourth-order valence-corrected chi connectivity index (χ4v) is 3.76. The van der Waals surface area contributed by atoms with Crippen molar-refractivity contribution in [3.8, 4) is 0 Å². The fourth-order valence-electron chi connectivity index (χ4n) is 2.51. The molecule has 0 unspecified atom stereocenters. The third-order valence-electron chi connectivity index (χ3n) is 3.90. The van der Waals surface area contributed by atoms with Gasteiger partial charge in [0.05, 0.1) is 15.7 Å². The number of benzene rings is 2. The van der Waals surface area contributed by atoms with Gasteiger partial charge in [-0.3, -0.25) is 14.5 Å². The first kappa shape index (κ1) is 19.0. The Kier molecular flexibility index (Phi) is 6.01. The van der Waals surface area contributed by atoms with Crippen LogP contribution in [0.1, 0.15) is 34.1 Å².